The van der Waals surface area contributed by atoms with E-state index in [2.05, 4.69) is 61.7 Å². The Kier molecular flexibility index (Phi) is 4.91. The molecule has 0 aliphatic rings. The van der Waals surface area contributed by atoms with Crippen LogP contribution >= 0.6 is 11.6 Å². The van der Waals surface area contributed by atoms with Gasteiger partial charge in [-0.25, -0.2) is 0 Å². The maximum Gasteiger partial charge on any atom is 0.116 e. The van der Waals surface area contributed by atoms with Gasteiger partial charge in [0, 0.05) is 22.5 Å². The Balaban J connectivity index is 1.87. The largest absolute Gasteiger partial charge is 0.508 e. The van der Waals surface area contributed by atoms with E-state index in [-0.39, 0.29) is 5.75 Å². The molecular formula is C25H24ClNO. The summed E-state index contributed by atoms with van der Waals surface area (Å²) in [5.41, 5.74) is 7.16. The minimum atomic E-state index is 0.289. The molecule has 1 N–H and O–H groups in total. The third kappa shape index (κ3) is 3.41. The van der Waals surface area contributed by atoms with Crippen molar-refractivity contribution in [2.24, 2.45) is 0 Å². The summed E-state index contributed by atoms with van der Waals surface area (Å²) in [5.74, 6) is 0.813. The molecule has 0 amide bonds. The molecule has 0 saturated heterocycles. The highest BCUT2D eigenvalue weighted by molar-refractivity contribution is 6.30. The van der Waals surface area contributed by atoms with E-state index < -0.39 is 0 Å². The lowest BCUT2D eigenvalue weighted by atomic mass is 10.0. The minimum Gasteiger partial charge on any atom is -0.508 e. The van der Waals surface area contributed by atoms with Crippen LogP contribution in [0.4, 0.5) is 0 Å². The Morgan fingerprint density at radius 3 is 2.25 bits per heavy atom. The maximum atomic E-state index is 10.0. The van der Waals surface area contributed by atoms with Crippen molar-refractivity contribution in [2.75, 3.05) is 0 Å². The number of phenolic OH excluding ortho intramolecular Hbond substituents is 1. The zero-order valence-electron chi connectivity index (χ0n) is 16.4. The SMILES string of the molecule is Cc1c(-c2ccc(Cl)cc2)n(Cc2ccc(C(C)C)cc2)c2ccc(O)cc12. The molecule has 3 aromatic carbocycles. The maximum absolute atomic E-state index is 10.0. The molecule has 0 unspecified atom stereocenters. The number of halogens is 1. The fraction of sp³-hybridized carbons (Fsp3) is 0.200. The number of aryl methyl sites for hydroxylation is 1. The Morgan fingerprint density at radius 2 is 1.61 bits per heavy atom. The van der Waals surface area contributed by atoms with Crippen molar-refractivity contribution < 1.29 is 5.11 Å². The quantitative estimate of drug-likeness (QED) is 0.394. The summed E-state index contributed by atoms with van der Waals surface area (Å²) in [4.78, 5) is 0. The smallest absolute Gasteiger partial charge is 0.116 e. The fourth-order valence-corrected chi connectivity index (χ4v) is 3.97. The molecule has 28 heavy (non-hydrogen) atoms. The van der Waals surface area contributed by atoms with Crippen molar-refractivity contribution in [3.8, 4) is 17.0 Å². The van der Waals surface area contributed by atoms with Gasteiger partial charge in [0.25, 0.3) is 0 Å². The highest BCUT2D eigenvalue weighted by Gasteiger charge is 2.17. The van der Waals surface area contributed by atoms with Gasteiger partial charge in [0.05, 0.1) is 5.69 Å². The molecule has 4 aromatic rings. The summed E-state index contributed by atoms with van der Waals surface area (Å²) in [7, 11) is 0. The van der Waals surface area contributed by atoms with Crippen LogP contribution in [0.1, 0.15) is 36.5 Å². The van der Waals surface area contributed by atoms with Gasteiger partial charge in [-0.2, -0.15) is 0 Å². The highest BCUT2D eigenvalue weighted by Crippen LogP contribution is 2.36. The van der Waals surface area contributed by atoms with Crippen LogP contribution in [0.2, 0.25) is 5.02 Å². The Bertz CT molecular complexity index is 1120. The number of hydrogen-bond donors (Lipinski definition) is 1. The van der Waals surface area contributed by atoms with E-state index in [0.717, 1.165) is 39.3 Å². The summed E-state index contributed by atoms with van der Waals surface area (Å²) >= 11 is 6.11. The van der Waals surface area contributed by atoms with Crippen molar-refractivity contribution in [3.05, 3.63) is 88.4 Å². The first-order valence-electron chi connectivity index (χ1n) is 9.60. The van der Waals surface area contributed by atoms with E-state index in [1.165, 1.54) is 11.1 Å². The van der Waals surface area contributed by atoms with Crippen LogP contribution in [0.3, 0.4) is 0 Å². The summed E-state index contributed by atoms with van der Waals surface area (Å²) < 4.78 is 2.33. The first kappa shape index (κ1) is 18.6. The Morgan fingerprint density at radius 1 is 0.929 bits per heavy atom. The second-order valence-electron chi connectivity index (χ2n) is 7.66. The zero-order chi connectivity index (χ0) is 19.8. The van der Waals surface area contributed by atoms with E-state index in [0.29, 0.717) is 5.92 Å². The molecule has 0 aliphatic heterocycles. The lowest BCUT2D eigenvalue weighted by molar-refractivity contribution is 0.476. The van der Waals surface area contributed by atoms with Gasteiger partial charge in [-0.15, -0.1) is 0 Å². The van der Waals surface area contributed by atoms with Gasteiger partial charge in [0.1, 0.15) is 5.75 Å². The number of phenols is 1. The summed E-state index contributed by atoms with van der Waals surface area (Å²) in [6.07, 6.45) is 0. The number of benzene rings is 3. The first-order valence-corrected chi connectivity index (χ1v) is 9.98. The second-order valence-corrected chi connectivity index (χ2v) is 8.10. The van der Waals surface area contributed by atoms with Crippen LogP contribution in [0.5, 0.6) is 5.75 Å². The lowest BCUT2D eigenvalue weighted by Gasteiger charge is -2.13. The number of rotatable bonds is 4. The van der Waals surface area contributed by atoms with Crippen molar-refractivity contribution >= 4 is 22.5 Å². The average molecular weight is 390 g/mol. The Labute approximate surface area is 171 Å². The van der Waals surface area contributed by atoms with Gasteiger partial charge in [-0.3, -0.25) is 0 Å². The van der Waals surface area contributed by atoms with Crippen LogP contribution in [0.25, 0.3) is 22.2 Å². The van der Waals surface area contributed by atoms with Crippen LogP contribution in [0, 0.1) is 6.92 Å². The third-order valence-corrected chi connectivity index (χ3v) is 5.66. The minimum absolute atomic E-state index is 0.289. The van der Waals surface area contributed by atoms with Crippen LogP contribution in [-0.4, -0.2) is 9.67 Å². The molecule has 0 spiro atoms. The predicted molar refractivity (Wildman–Crippen MR) is 118 cm³/mol. The van der Waals surface area contributed by atoms with Crippen molar-refractivity contribution in [3.63, 3.8) is 0 Å². The molecular weight excluding hydrogens is 366 g/mol. The molecule has 4 rings (SSSR count). The second kappa shape index (κ2) is 7.37. The van der Waals surface area contributed by atoms with Gasteiger partial charge in [-0.05, 0) is 65.4 Å². The molecule has 0 aliphatic carbocycles. The van der Waals surface area contributed by atoms with E-state index >= 15 is 0 Å². The molecule has 0 atom stereocenters. The molecule has 3 heteroatoms. The van der Waals surface area contributed by atoms with E-state index in [9.17, 15) is 5.11 Å². The van der Waals surface area contributed by atoms with Gasteiger partial charge in [0.15, 0.2) is 0 Å². The van der Waals surface area contributed by atoms with Gasteiger partial charge >= 0.3 is 0 Å². The molecule has 1 aromatic heterocycles. The molecule has 142 valence electrons. The monoisotopic (exact) mass is 389 g/mol. The molecule has 0 bridgehead atoms. The molecule has 0 radical (unpaired) electrons. The number of fused-ring (bicyclic) bond motifs is 1. The molecule has 1 heterocycles. The van der Waals surface area contributed by atoms with Crippen molar-refractivity contribution in [2.45, 2.75) is 33.2 Å². The lowest BCUT2D eigenvalue weighted by Crippen LogP contribution is -2.02. The van der Waals surface area contributed by atoms with Gasteiger partial charge in [-0.1, -0.05) is 61.8 Å². The molecule has 0 saturated carbocycles. The fourth-order valence-electron chi connectivity index (χ4n) is 3.85. The normalized spacial score (nSPS) is 11.5. The summed E-state index contributed by atoms with van der Waals surface area (Å²) in [6.45, 7) is 7.31. The van der Waals surface area contributed by atoms with Gasteiger partial charge < -0.3 is 9.67 Å². The van der Waals surface area contributed by atoms with Gasteiger partial charge in [0.2, 0.25) is 0 Å². The Hall–Kier alpha value is -2.71. The average Bonchev–Trinajstić information content (AvgIpc) is 2.94. The van der Waals surface area contributed by atoms with E-state index in [4.69, 9.17) is 11.6 Å². The predicted octanol–water partition coefficient (Wildman–Crippen LogP) is 7.15. The molecule has 2 nitrogen and oxygen atoms in total. The number of aromatic nitrogens is 1. The topological polar surface area (TPSA) is 25.2 Å². The standard InChI is InChI=1S/C25H24ClNO/c1-16(2)19-6-4-18(5-7-19)15-27-24-13-12-22(28)14-23(24)17(3)25(27)20-8-10-21(26)11-9-20/h4-14,16,28H,15H2,1-3H3. The van der Waals surface area contributed by atoms with Crippen molar-refractivity contribution in [1.29, 1.82) is 0 Å². The van der Waals surface area contributed by atoms with Crippen LogP contribution < -0.4 is 0 Å². The number of nitrogens with zero attached hydrogens (tertiary/aromatic N) is 1. The summed E-state index contributed by atoms with van der Waals surface area (Å²) in [6, 6.07) is 22.4. The summed E-state index contributed by atoms with van der Waals surface area (Å²) in [5, 5.41) is 11.8. The van der Waals surface area contributed by atoms with E-state index in [1.807, 2.05) is 24.3 Å². The first-order chi connectivity index (χ1) is 13.4. The van der Waals surface area contributed by atoms with Crippen LogP contribution in [-0.2, 0) is 6.54 Å². The number of hydrogen-bond acceptors (Lipinski definition) is 1. The van der Waals surface area contributed by atoms with Crippen LogP contribution in [0.15, 0.2) is 66.7 Å². The van der Waals surface area contributed by atoms with Crippen molar-refractivity contribution in [1.82, 2.24) is 4.57 Å². The van der Waals surface area contributed by atoms with E-state index in [1.54, 1.807) is 6.07 Å². The third-order valence-electron chi connectivity index (χ3n) is 5.40. The number of aromatic hydroxyl groups is 1. The highest BCUT2D eigenvalue weighted by atomic mass is 35.5. The molecule has 0 fully saturated rings. The zero-order valence-corrected chi connectivity index (χ0v) is 17.2.